The summed E-state index contributed by atoms with van der Waals surface area (Å²) in [7, 11) is 0. The van der Waals surface area contributed by atoms with Gasteiger partial charge in [-0.1, -0.05) is 23.7 Å². The van der Waals surface area contributed by atoms with Gasteiger partial charge in [-0.3, -0.25) is 0 Å². The number of thiophene rings is 1. The summed E-state index contributed by atoms with van der Waals surface area (Å²) in [6.07, 6.45) is 0.804. The molecule has 0 aliphatic carbocycles. The zero-order chi connectivity index (χ0) is 10.1. The minimum Gasteiger partial charge on any atom is -0.367 e. The average molecular weight is 229 g/mol. The molecule has 2 heterocycles. The molecule has 0 unspecified atom stereocenters. The first kappa shape index (κ1) is 9.55. The zero-order valence-electron chi connectivity index (χ0n) is 7.58. The molecule has 0 atom stereocenters. The Balaban J connectivity index is 2.51. The summed E-state index contributed by atoms with van der Waals surface area (Å²) in [5.74, 6) is 0.393. The molecule has 3 nitrogen and oxygen atoms in total. The first-order valence-electron chi connectivity index (χ1n) is 4.20. The van der Waals surface area contributed by atoms with Crippen molar-refractivity contribution in [3.8, 4) is 11.3 Å². The van der Waals surface area contributed by atoms with Crippen LogP contribution < -0.4 is 5.73 Å². The maximum absolute atomic E-state index is 5.84. The summed E-state index contributed by atoms with van der Waals surface area (Å²) >= 11 is 7.31. The van der Waals surface area contributed by atoms with Crippen LogP contribution in [0.4, 0.5) is 5.88 Å². The summed E-state index contributed by atoms with van der Waals surface area (Å²) in [6, 6.07) is 1.86. The van der Waals surface area contributed by atoms with Crippen LogP contribution in [0, 0.1) is 0 Å². The molecule has 0 amide bonds. The van der Waals surface area contributed by atoms with E-state index in [4.69, 9.17) is 21.9 Å². The van der Waals surface area contributed by atoms with Gasteiger partial charge >= 0.3 is 0 Å². The van der Waals surface area contributed by atoms with E-state index in [2.05, 4.69) is 5.16 Å². The highest BCUT2D eigenvalue weighted by molar-refractivity contribution is 7.14. The second-order valence-electron chi connectivity index (χ2n) is 2.87. The third-order valence-electron chi connectivity index (χ3n) is 2.01. The van der Waals surface area contributed by atoms with Crippen LogP contribution in [0.5, 0.6) is 0 Å². The molecule has 0 spiro atoms. The summed E-state index contributed by atoms with van der Waals surface area (Å²) < 4.78 is 5.68. The van der Waals surface area contributed by atoms with Crippen molar-refractivity contribution < 1.29 is 4.52 Å². The van der Waals surface area contributed by atoms with Gasteiger partial charge in [0.1, 0.15) is 5.69 Å². The van der Waals surface area contributed by atoms with Gasteiger partial charge in [-0.25, -0.2) is 0 Å². The van der Waals surface area contributed by atoms with E-state index in [0.29, 0.717) is 5.88 Å². The molecule has 0 saturated carbocycles. The molecule has 2 aromatic heterocycles. The maximum Gasteiger partial charge on any atom is 0.225 e. The Morgan fingerprint density at radius 1 is 1.64 bits per heavy atom. The number of nitrogens with two attached hydrogens (primary N) is 1. The third kappa shape index (κ3) is 1.51. The van der Waals surface area contributed by atoms with Gasteiger partial charge in [-0.2, -0.15) is 0 Å². The Kier molecular flexibility index (Phi) is 2.48. The topological polar surface area (TPSA) is 52.0 Å². The number of hydrogen-bond donors (Lipinski definition) is 1. The van der Waals surface area contributed by atoms with E-state index in [1.54, 1.807) is 0 Å². The highest BCUT2D eigenvalue weighted by atomic mass is 35.5. The fourth-order valence-electron chi connectivity index (χ4n) is 1.32. The number of halogens is 1. The van der Waals surface area contributed by atoms with E-state index >= 15 is 0 Å². The molecule has 2 N–H and O–H groups in total. The molecule has 0 saturated heterocycles. The van der Waals surface area contributed by atoms with Gasteiger partial charge in [-0.05, 0) is 12.5 Å². The highest BCUT2D eigenvalue weighted by Crippen LogP contribution is 2.32. The van der Waals surface area contributed by atoms with Gasteiger partial charge < -0.3 is 10.3 Å². The SMILES string of the molecule is CCc1c(-c2csc(Cl)c2)noc1N. The molecule has 14 heavy (non-hydrogen) atoms. The Bertz CT molecular complexity index is 449. The van der Waals surface area contributed by atoms with Gasteiger partial charge in [0, 0.05) is 16.5 Å². The highest BCUT2D eigenvalue weighted by Gasteiger charge is 2.14. The number of nitrogens with zero attached hydrogens (tertiary/aromatic N) is 1. The van der Waals surface area contributed by atoms with E-state index < -0.39 is 0 Å². The molecule has 2 rings (SSSR count). The molecular weight excluding hydrogens is 220 g/mol. The molecular formula is C9H9ClN2OS. The lowest BCUT2D eigenvalue weighted by Crippen LogP contribution is -1.88. The molecule has 5 heteroatoms. The Morgan fingerprint density at radius 2 is 2.43 bits per heavy atom. The molecule has 74 valence electrons. The van der Waals surface area contributed by atoms with E-state index in [0.717, 1.165) is 27.6 Å². The lowest BCUT2D eigenvalue weighted by Gasteiger charge is -1.94. The lowest BCUT2D eigenvalue weighted by molar-refractivity contribution is 0.438. The fourth-order valence-corrected chi connectivity index (χ4v) is 2.19. The minimum atomic E-state index is 0.393. The number of hydrogen-bond acceptors (Lipinski definition) is 4. The predicted octanol–water partition coefficient (Wildman–Crippen LogP) is 3.20. The number of aromatic nitrogens is 1. The van der Waals surface area contributed by atoms with Gasteiger partial charge in [0.25, 0.3) is 0 Å². The average Bonchev–Trinajstić information content (AvgIpc) is 2.71. The van der Waals surface area contributed by atoms with Crippen molar-refractivity contribution in [1.82, 2.24) is 5.16 Å². The zero-order valence-corrected chi connectivity index (χ0v) is 9.15. The van der Waals surface area contributed by atoms with Crippen LogP contribution in [0.25, 0.3) is 11.3 Å². The molecule has 0 aromatic carbocycles. The number of anilines is 1. The van der Waals surface area contributed by atoms with Gasteiger partial charge in [0.15, 0.2) is 0 Å². The second-order valence-corrected chi connectivity index (χ2v) is 4.41. The van der Waals surface area contributed by atoms with Gasteiger partial charge in [-0.15, -0.1) is 11.3 Å². The minimum absolute atomic E-state index is 0.393. The van der Waals surface area contributed by atoms with Crippen LogP contribution in [0.3, 0.4) is 0 Å². The molecule has 0 bridgehead atoms. The first-order chi connectivity index (χ1) is 6.72. The van der Waals surface area contributed by atoms with E-state index in [9.17, 15) is 0 Å². The van der Waals surface area contributed by atoms with Crippen molar-refractivity contribution in [2.24, 2.45) is 0 Å². The van der Waals surface area contributed by atoms with E-state index in [1.165, 1.54) is 11.3 Å². The largest absolute Gasteiger partial charge is 0.367 e. The number of rotatable bonds is 2. The summed E-state index contributed by atoms with van der Waals surface area (Å²) in [4.78, 5) is 0. The van der Waals surface area contributed by atoms with Crippen LogP contribution in [0.15, 0.2) is 16.0 Å². The van der Waals surface area contributed by atoms with E-state index in [-0.39, 0.29) is 0 Å². The summed E-state index contributed by atoms with van der Waals surface area (Å²) in [6.45, 7) is 2.01. The maximum atomic E-state index is 5.84. The van der Waals surface area contributed by atoms with Crippen LogP contribution in [-0.2, 0) is 6.42 Å². The first-order valence-corrected chi connectivity index (χ1v) is 5.46. The lowest BCUT2D eigenvalue weighted by atomic mass is 10.1. The van der Waals surface area contributed by atoms with Crippen LogP contribution in [0.2, 0.25) is 4.34 Å². The van der Waals surface area contributed by atoms with Gasteiger partial charge in [0.2, 0.25) is 5.88 Å². The molecule has 0 aliphatic rings. The Labute approximate surface area is 90.5 Å². The monoisotopic (exact) mass is 228 g/mol. The predicted molar refractivity (Wildman–Crippen MR) is 58.6 cm³/mol. The molecule has 0 aliphatic heterocycles. The summed E-state index contributed by atoms with van der Waals surface area (Å²) in [5.41, 5.74) is 8.35. The molecule has 0 radical (unpaired) electrons. The smallest absolute Gasteiger partial charge is 0.225 e. The fraction of sp³-hybridized carbons (Fsp3) is 0.222. The number of nitrogen functional groups attached to an aromatic ring is 1. The van der Waals surface area contributed by atoms with Crippen molar-refractivity contribution in [2.75, 3.05) is 5.73 Å². The van der Waals surface area contributed by atoms with Crippen molar-refractivity contribution in [1.29, 1.82) is 0 Å². The summed E-state index contributed by atoms with van der Waals surface area (Å²) in [5, 5.41) is 5.86. The molecule has 0 fully saturated rings. The van der Waals surface area contributed by atoms with E-state index in [1.807, 2.05) is 18.4 Å². The van der Waals surface area contributed by atoms with Crippen LogP contribution >= 0.6 is 22.9 Å². The second kappa shape index (κ2) is 3.63. The van der Waals surface area contributed by atoms with Crippen molar-refractivity contribution in [3.05, 3.63) is 21.3 Å². The van der Waals surface area contributed by atoms with Crippen LogP contribution in [0.1, 0.15) is 12.5 Å². The molecule has 2 aromatic rings. The van der Waals surface area contributed by atoms with Crippen molar-refractivity contribution in [2.45, 2.75) is 13.3 Å². The van der Waals surface area contributed by atoms with Crippen molar-refractivity contribution in [3.63, 3.8) is 0 Å². The van der Waals surface area contributed by atoms with Crippen LogP contribution in [-0.4, -0.2) is 5.16 Å². The van der Waals surface area contributed by atoms with Gasteiger partial charge in [0.05, 0.1) is 4.34 Å². The Hall–Kier alpha value is -1.00. The third-order valence-corrected chi connectivity index (χ3v) is 3.10. The standard InChI is InChI=1S/C9H9ClN2OS/c1-2-6-8(12-13-9(6)11)5-3-7(10)14-4-5/h3-4H,2,11H2,1H3. The Morgan fingerprint density at radius 3 is 3.00 bits per heavy atom. The van der Waals surface area contributed by atoms with Crippen molar-refractivity contribution >= 4 is 28.8 Å². The quantitative estimate of drug-likeness (QED) is 0.859. The normalized spacial score (nSPS) is 10.7.